The van der Waals surface area contributed by atoms with E-state index in [9.17, 15) is 38.8 Å². The van der Waals surface area contributed by atoms with Crippen molar-refractivity contribution < 1.29 is 190 Å². The first-order chi connectivity index (χ1) is 8.83. The third-order valence-corrected chi connectivity index (χ3v) is 2.74. The zero-order valence-corrected chi connectivity index (χ0v) is 24.4. The summed E-state index contributed by atoms with van der Waals surface area (Å²) >= 11 is 0. The summed E-state index contributed by atoms with van der Waals surface area (Å²) in [4.78, 5) is 49.6. The van der Waals surface area contributed by atoms with Gasteiger partial charge in [-0.1, -0.05) is 0 Å². The van der Waals surface area contributed by atoms with E-state index < -0.39 is 53.0 Å². The molecule has 0 aliphatic carbocycles. The minimum Gasteiger partial charge on any atom is -0.790 e. The van der Waals surface area contributed by atoms with Crippen molar-refractivity contribution in [3.05, 3.63) is 0 Å². The van der Waals surface area contributed by atoms with E-state index in [0.717, 1.165) is 0 Å². The Morgan fingerprint density at radius 3 is 1.35 bits per heavy atom. The summed E-state index contributed by atoms with van der Waals surface area (Å²) in [6.07, 6.45) is -6.77. The second kappa shape index (κ2) is 34.6. The summed E-state index contributed by atoms with van der Waals surface area (Å²) in [5.74, 6) is -1.44. The van der Waals surface area contributed by atoms with Crippen LogP contribution in [0.1, 0.15) is 0 Å². The van der Waals surface area contributed by atoms with E-state index in [0.29, 0.717) is 0 Å². The van der Waals surface area contributed by atoms with Gasteiger partial charge in [0, 0.05) is 0 Å². The largest absolute Gasteiger partial charge is 1.00 e. The summed E-state index contributed by atoms with van der Waals surface area (Å²) < 4.78 is 27.5. The number of aliphatic hydroxyl groups excluding tert-OH is 3. The number of aliphatic hydroxyl groups is 3. The topological polar surface area (TPSA) is 472 Å². The van der Waals surface area contributed by atoms with E-state index in [1.165, 1.54) is 0 Å². The average molecular weight is 550 g/mol. The molecule has 31 heavy (non-hydrogen) atoms. The van der Waals surface area contributed by atoms with E-state index in [-0.39, 0.29) is 132 Å². The molecule has 0 fully saturated rings. The minimum atomic E-state index is -5.42. The molecule has 20 nitrogen and oxygen atoms in total. The van der Waals surface area contributed by atoms with Crippen LogP contribution in [0.4, 0.5) is 0 Å². The maximum absolute atomic E-state index is 11.1. The molecule has 0 aliphatic heterocycles. The summed E-state index contributed by atoms with van der Waals surface area (Å²) in [6.45, 7) is -2.55. The normalized spacial score (nSPS) is 12.9. The number of ketones is 1. The SMILES string of the molecule is O.O.O.O.O.O.O.O.O=C(COP(=O)([O-])O)[C@@H](O)C(O)C(O)COP(=O)([O-])[O-].[Na+].[Na+].[Na+]. The van der Waals surface area contributed by atoms with Crippen LogP contribution in [0.5, 0.6) is 0 Å². The predicted octanol–water partition coefficient (Wildman–Crippen LogP) is -20.6. The Labute approximate surface area is 241 Å². The van der Waals surface area contributed by atoms with Crippen LogP contribution >= 0.6 is 15.6 Å². The zero-order chi connectivity index (χ0) is 16.1. The van der Waals surface area contributed by atoms with Gasteiger partial charge < -0.3 is 92.3 Å². The molecule has 0 saturated heterocycles. The summed E-state index contributed by atoms with van der Waals surface area (Å²) in [5, 5.41) is 27.5. The van der Waals surface area contributed by atoms with Crippen LogP contribution in [0.25, 0.3) is 0 Å². The molecular formula is C6H27Na3O20P2. The summed E-state index contributed by atoms with van der Waals surface area (Å²) in [6, 6.07) is 0. The number of hydrogen-bond donors (Lipinski definition) is 4. The minimum absolute atomic E-state index is 0. The Balaban J connectivity index is -0.0000000328. The molecule has 0 spiro atoms. The van der Waals surface area contributed by atoms with Crippen molar-refractivity contribution in [3.63, 3.8) is 0 Å². The predicted molar refractivity (Wildman–Crippen MR) is 81.3 cm³/mol. The monoisotopic (exact) mass is 550 g/mol. The number of carbonyl (C=O) groups is 1. The summed E-state index contributed by atoms with van der Waals surface area (Å²) in [5.41, 5.74) is 0. The van der Waals surface area contributed by atoms with Crippen molar-refractivity contribution in [3.8, 4) is 0 Å². The van der Waals surface area contributed by atoms with Gasteiger partial charge in [0.1, 0.15) is 24.9 Å². The number of hydrogen-bond acceptors (Lipinski definition) is 11. The van der Waals surface area contributed by atoms with Gasteiger partial charge in [0.25, 0.3) is 7.82 Å². The molecule has 0 radical (unpaired) electrons. The molecule has 184 valence electrons. The second-order valence-corrected chi connectivity index (χ2v) is 5.80. The average Bonchev–Trinajstić information content (AvgIpc) is 2.29. The Morgan fingerprint density at radius 1 is 0.774 bits per heavy atom. The second-order valence-electron chi connectivity index (χ2n) is 3.45. The number of carbonyl (C=O) groups excluding carboxylic acids is 1. The molecule has 25 heteroatoms. The van der Waals surface area contributed by atoms with Gasteiger partial charge in [0.05, 0.1) is 14.4 Å². The Hall–Kier alpha value is 2.45. The molecule has 20 N–H and O–H groups in total. The fraction of sp³-hybridized carbons (Fsp3) is 0.833. The molecule has 4 atom stereocenters. The molecule has 0 aromatic carbocycles. The van der Waals surface area contributed by atoms with Crippen LogP contribution < -0.4 is 103 Å². The van der Waals surface area contributed by atoms with E-state index in [1.807, 2.05) is 0 Å². The van der Waals surface area contributed by atoms with Gasteiger partial charge in [-0.15, -0.1) is 0 Å². The van der Waals surface area contributed by atoms with Crippen molar-refractivity contribution >= 4 is 21.4 Å². The van der Waals surface area contributed by atoms with E-state index in [4.69, 9.17) is 10.00 Å². The van der Waals surface area contributed by atoms with Gasteiger partial charge in [-0.25, -0.2) is 0 Å². The van der Waals surface area contributed by atoms with Gasteiger partial charge in [-0.2, -0.15) is 0 Å². The van der Waals surface area contributed by atoms with Crippen molar-refractivity contribution in [2.24, 2.45) is 0 Å². The number of Topliss-reactive ketones (excluding diaryl/α,β-unsaturated/α-hetero) is 1. The number of rotatable bonds is 9. The van der Waals surface area contributed by atoms with Crippen molar-refractivity contribution in [1.29, 1.82) is 0 Å². The van der Waals surface area contributed by atoms with Crippen LogP contribution in [0, 0.1) is 0 Å². The maximum Gasteiger partial charge on any atom is 1.00 e. The van der Waals surface area contributed by atoms with Gasteiger partial charge in [-0.3, -0.25) is 9.36 Å². The third-order valence-electron chi connectivity index (χ3n) is 1.82. The van der Waals surface area contributed by atoms with Crippen LogP contribution in [-0.2, 0) is 23.0 Å². The van der Waals surface area contributed by atoms with Crippen LogP contribution in [0.2, 0.25) is 0 Å². The van der Waals surface area contributed by atoms with Crippen LogP contribution in [0.3, 0.4) is 0 Å². The quantitative estimate of drug-likeness (QED) is 0.153. The van der Waals surface area contributed by atoms with Crippen LogP contribution in [0.15, 0.2) is 0 Å². The molecule has 0 bridgehead atoms. The van der Waals surface area contributed by atoms with Crippen molar-refractivity contribution in [1.82, 2.24) is 0 Å². The smallest absolute Gasteiger partial charge is 0.790 e. The fourth-order valence-corrected chi connectivity index (χ4v) is 1.52. The molecule has 0 aromatic heterocycles. The Morgan fingerprint density at radius 2 is 1.10 bits per heavy atom. The fourth-order valence-electron chi connectivity index (χ4n) is 0.898. The van der Waals surface area contributed by atoms with Gasteiger partial charge in [0.15, 0.2) is 5.78 Å². The van der Waals surface area contributed by atoms with E-state index in [2.05, 4.69) is 9.05 Å². The van der Waals surface area contributed by atoms with Crippen LogP contribution in [-0.4, -0.2) is 101 Å². The Kier molecular flexibility index (Phi) is 85.5. The molecular weight excluding hydrogens is 523 g/mol. The maximum atomic E-state index is 11.1. The van der Waals surface area contributed by atoms with Crippen molar-refractivity contribution in [2.45, 2.75) is 18.3 Å². The van der Waals surface area contributed by atoms with E-state index in [1.54, 1.807) is 0 Å². The van der Waals surface area contributed by atoms with E-state index >= 15 is 0 Å². The first kappa shape index (κ1) is 76.6. The van der Waals surface area contributed by atoms with Gasteiger partial charge in [0.2, 0.25) is 0 Å². The molecule has 0 amide bonds. The number of phosphoric acid groups is 2. The van der Waals surface area contributed by atoms with Crippen molar-refractivity contribution in [2.75, 3.05) is 13.2 Å². The zero-order valence-electron chi connectivity index (χ0n) is 16.6. The molecule has 3 unspecified atom stereocenters. The number of phosphoric ester groups is 2. The third kappa shape index (κ3) is 43.0. The standard InChI is InChI=1S/C6H14O12P2.3Na.8H2O/c7-3(1-17-19(11,12)13)5(9)6(10)4(8)2-18-20(14,15)16;;;;;;;;;;;/h3,5-7,9-10H,1-2H2,(H2,11,12,13)(H2,14,15,16);;;;8*1H2/q;3*+1;;;;;;;;/p-3/t3?,5?,6-;;;;;;;;;;;/m1.........../s1. The molecule has 0 aliphatic rings. The van der Waals surface area contributed by atoms with Gasteiger partial charge >= 0.3 is 88.7 Å². The summed E-state index contributed by atoms with van der Waals surface area (Å²) in [7, 11) is -10.6. The molecule has 0 heterocycles. The molecule has 0 aromatic rings. The first-order valence-electron chi connectivity index (χ1n) is 4.75. The van der Waals surface area contributed by atoms with Gasteiger partial charge in [-0.05, 0) is 0 Å². The molecule has 0 rings (SSSR count). The first-order valence-corrected chi connectivity index (χ1v) is 7.71. The molecule has 0 saturated carbocycles. The Bertz CT molecular complexity index is 429.